The van der Waals surface area contributed by atoms with E-state index in [-0.39, 0.29) is 6.61 Å². The fraction of sp³-hybridized carbons (Fsp3) is 0.200. The maximum atomic E-state index is 12.0. The summed E-state index contributed by atoms with van der Waals surface area (Å²) in [5, 5.41) is 0.831. The van der Waals surface area contributed by atoms with Gasteiger partial charge in [0.2, 0.25) is 0 Å². The van der Waals surface area contributed by atoms with Crippen LogP contribution in [0.3, 0.4) is 0 Å². The summed E-state index contributed by atoms with van der Waals surface area (Å²) < 4.78 is 15.9. The monoisotopic (exact) mass is 338 g/mol. The summed E-state index contributed by atoms with van der Waals surface area (Å²) in [5.41, 5.74) is 1.92. The number of carbonyl (C=O) groups is 1. The van der Waals surface area contributed by atoms with Crippen molar-refractivity contribution in [2.75, 3.05) is 6.61 Å². The predicted molar refractivity (Wildman–Crippen MR) is 94.2 cm³/mol. The summed E-state index contributed by atoms with van der Waals surface area (Å²) in [6, 6.07) is 13.9. The second kappa shape index (κ2) is 7.21. The number of benzene rings is 2. The summed E-state index contributed by atoms with van der Waals surface area (Å²) in [6.45, 7) is 3.70. The summed E-state index contributed by atoms with van der Waals surface area (Å²) in [4.78, 5) is 23.5. The molecule has 0 aliphatic heterocycles. The zero-order valence-corrected chi connectivity index (χ0v) is 14.1. The molecule has 0 aliphatic rings. The fourth-order valence-corrected chi connectivity index (χ4v) is 2.57. The first-order chi connectivity index (χ1) is 12.0. The molecule has 1 heterocycles. The van der Waals surface area contributed by atoms with Gasteiger partial charge in [-0.2, -0.15) is 0 Å². The summed E-state index contributed by atoms with van der Waals surface area (Å²) >= 11 is 0. The quantitative estimate of drug-likeness (QED) is 0.404. The molecule has 0 spiro atoms. The Hall–Kier alpha value is -3.08. The number of fused-ring (bicyclic) bond motifs is 1. The van der Waals surface area contributed by atoms with E-state index in [1.54, 1.807) is 24.3 Å². The third-order valence-corrected chi connectivity index (χ3v) is 3.76. The van der Waals surface area contributed by atoms with Gasteiger partial charge in [-0.25, -0.2) is 9.59 Å². The molecule has 25 heavy (non-hydrogen) atoms. The van der Waals surface area contributed by atoms with Gasteiger partial charge in [-0.1, -0.05) is 19.1 Å². The lowest BCUT2D eigenvalue weighted by molar-refractivity contribution is -0.136. The molecule has 0 radical (unpaired) electrons. The van der Waals surface area contributed by atoms with Gasteiger partial charge in [-0.15, -0.1) is 0 Å². The number of hydrogen-bond acceptors (Lipinski definition) is 5. The third kappa shape index (κ3) is 4.07. The van der Waals surface area contributed by atoms with Gasteiger partial charge in [0.25, 0.3) is 0 Å². The van der Waals surface area contributed by atoms with Crippen molar-refractivity contribution in [3.63, 3.8) is 0 Å². The third-order valence-electron chi connectivity index (χ3n) is 3.76. The Morgan fingerprint density at radius 3 is 2.68 bits per heavy atom. The van der Waals surface area contributed by atoms with Crippen molar-refractivity contribution >= 4 is 16.9 Å². The molecule has 5 heteroatoms. The van der Waals surface area contributed by atoms with Crippen molar-refractivity contribution in [1.82, 2.24) is 0 Å². The minimum absolute atomic E-state index is 0.208. The van der Waals surface area contributed by atoms with Gasteiger partial charge < -0.3 is 13.9 Å². The Kier molecular flexibility index (Phi) is 4.84. The smallest absolute Gasteiger partial charge is 0.349 e. The van der Waals surface area contributed by atoms with Gasteiger partial charge in [0, 0.05) is 17.5 Å². The molecule has 1 aromatic heterocycles. The molecule has 3 rings (SSSR count). The molecule has 0 fully saturated rings. The van der Waals surface area contributed by atoms with Crippen LogP contribution in [0.5, 0.6) is 11.5 Å². The van der Waals surface area contributed by atoms with E-state index in [1.165, 1.54) is 6.07 Å². The molecule has 5 nitrogen and oxygen atoms in total. The van der Waals surface area contributed by atoms with E-state index in [2.05, 4.69) is 0 Å². The highest BCUT2D eigenvalue weighted by molar-refractivity contribution is 5.83. The Morgan fingerprint density at radius 1 is 1.08 bits per heavy atom. The molecule has 0 amide bonds. The van der Waals surface area contributed by atoms with E-state index in [0.29, 0.717) is 23.5 Å². The molecule has 0 saturated heterocycles. The Balaban J connectivity index is 1.72. The Morgan fingerprint density at radius 2 is 1.92 bits per heavy atom. The lowest BCUT2D eigenvalue weighted by Gasteiger charge is -2.08. The number of rotatable bonds is 5. The molecule has 0 N–H and O–H groups in total. The van der Waals surface area contributed by atoms with Crippen LogP contribution in [0.4, 0.5) is 0 Å². The van der Waals surface area contributed by atoms with Crippen LogP contribution in [0.1, 0.15) is 18.1 Å². The lowest BCUT2D eigenvalue weighted by Crippen LogP contribution is -2.17. The molecule has 0 unspecified atom stereocenters. The van der Waals surface area contributed by atoms with Crippen molar-refractivity contribution < 1.29 is 18.7 Å². The number of ether oxygens (including phenoxy) is 2. The molecule has 0 aliphatic carbocycles. The number of esters is 1. The summed E-state index contributed by atoms with van der Waals surface area (Å²) in [6.07, 6.45) is 0.714. The first kappa shape index (κ1) is 16.8. The average molecular weight is 338 g/mol. The molecule has 0 saturated carbocycles. The highest BCUT2D eigenvalue weighted by Crippen LogP contribution is 2.23. The second-order valence-electron chi connectivity index (χ2n) is 5.68. The maximum Gasteiger partial charge on any atom is 0.349 e. The zero-order chi connectivity index (χ0) is 17.8. The lowest BCUT2D eigenvalue weighted by atomic mass is 10.1. The number of carbonyl (C=O) groups excluding carboxylic acids is 1. The normalized spacial score (nSPS) is 10.6. The van der Waals surface area contributed by atoms with Crippen LogP contribution in [0, 0.1) is 6.92 Å². The van der Waals surface area contributed by atoms with E-state index in [9.17, 15) is 9.59 Å². The highest BCUT2D eigenvalue weighted by Gasteiger charge is 2.10. The first-order valence-electron chi connectivity index (χ1n) is 8.02. The number of aryl methyl sites for hydroxylation is 2. The Bertz CT molecular complexity index is 971. The topological polar surface area (TPSA) is 65.7 Å². The van der Waals surface area contributed by atoms with Crippen LogP contribution >= 0.6 is 0 Å². The van der Waals surface area contributed by atoms with Crippen molar-refractivity contribution in [1.29, 1.82) is 0 Å². The van der Waals surface area contributed by atoms with Crippen LogP contribution in [0.2, 0.25) is 0 Å². The SMILES string of the molecule is CCc1cc(=O)oc2cc(OC(=O)COc3cccc(C)c3)ccc12. The predicted octanol–water partition coefficient (Wildman–Crippen LogP) is 3.65. The molecule has 2 aromatic carbocycles. The van der Waals surface area contributed by atoms with Gasteiger partial charge in [-0.05, 0) is 48.7 Å². The van der Waals surface area contributed by atoms with Crippen LogP contribution in [0.15, 0.2) is 57.7 Å². The first-order valence-corrected chi connectivity index (χ1v) is 8.02. The maximum absolute atomic E-state index is 12.0. The molecule has 0 atom stereocenters. The van der Waals surface area contributed by atoms with E-state index >= 15 is 0 Å². The van der Waals surface area contributed by atoms with Crippen LogP contribution < -0.4 is 15.1 Å². The van der Waals surface area contributed by atoms with Crippen LogP contribution in [-0.2, 0) is 11.2 Å². The van der Waals surface area contributed by atoms with E-state index in [4.69, 9.17) is 13.9 Å². The van der Waals surface area contributed by atoms with E-state index in [1.807, 2.05) is 32.0 Å². The van der Waals surface area contributed by atoms with E-state index < -0.39 is 11.6 Å². The van der Waals surface area contributed by atoms with Gasteiger partial charge >= 0.3 is 11.6 Å². The van der Waals surface area contributed by atoms with Gasteiger partial charge in [0.15, 0.2) is 6.61 Å². The van der Waals surface area contributed by atoms with Crippen molar-refractivity contribution in [2.24, 2.45) is 0 Å². The Labute approximate surface area is 144 Å². The van der Waals surface area contributed by atoms with Crippen molar-refractivity contribution in [2.45, 2.75) is 20.3 Å². The molecular formula is C20H18O5. The molecule has 0 bridgehead atoms. The minimum atomic E-state index is -0.533. The van der Waals surface area contributed by atoms with Crippen LogP contribution in [-0.4, -0.2) is 12.6 Å². The standard InChI is InChI=1S/C20H18O5/c1-3-14-10-19(21)25-18-11-16(7-8-17(14)18)24-20(22)12-23-15-6-4-5-13(2)9-15/h4-11H,3,12H2,1-2H3. The molecule has 3 aromatic rings. The van der Waals surface area contributed by atoms with Crippen molar-refractivity contribution in [3.05, 3.63) is 70.1 Å². The van der Waals surface area contributed by atoms with Gasteiger partial charge in [-0.3, -0.25) is 0 Å². The van der Waals surface area contributed by atoms with Crippen LogP contribution in [0.25, 0.3) is 11.0 Å². The number of hydrogen-bond donors (Lipinski definition) is 0. The summed E-state index contributed by atoms with van der Waals surface area (Å²) in [7, 11) is 0. The second-order valence-corrected chi connectivity index (χ2v) is 5.68. The van der Waals surface area contributed by atoms with Crippen molar-refractivity contribution in [3.8, 4) is 11.5 Å². The molecule has 128 valence electrons. The minimum Gasteiger partial charge on any atom is -0.482 e. The molecular weight excluding hydrogens is 320 g/mol. The van der Waals surface area contributed by atoms with Gasteiger partial charge in [0.05, 0.1) is 0 Å². The fourth-order valence-electron chi connectivity index (χ4n) is 2.57. The highest BCUT2D eigenvalue weighted by atomic mass is 16.6. The van der Waals surface area contributed by atoms with Gasteiger partial charge in [0.1, 0.15) is 17.1 Å². The zero-order valence-electron chi connectivity index (χ0n) is 14.1. The largest absolute Gasteiger partial charge is 0.482 e. The van der Waals surface area contributed by atoms with E-state index in [0.717, 1.165) is 16.5 Å². The summed E-state index contributed by atoms with van der Waals surface area (Å²) in [5.74, 6) is 0.380. The average Bonchev–Trinajstić information content (AvgIpc) is 2.59.